The second-order valence-corrected chi connectivity index (χ2v) is 3.09. The Balaban J connectivity index is 0.000000845. The van der Waals surface area contributed by atoms with Gasteiger partial charge in [0.05, 0.1) is 0 Å². The van der Waals surface area contributed by atoms with E-state index in [1.807, 2.05) is 0 Å². The summed E-state index contributed by atoms with van der Waals surface area (Å²) in [6.07, 6.45) is 2.33. The average Bonchev–Trinajstić information content (AvgIpc) is 2.74. The van der Waals surface area contributed by atoms with Crippen LogP contribution in [0.4, 0.5) is 0 Å². The van der Waals surface area contributed by atoms with Crippen molar-refractivity contribution in [1.29, 1.82) is 0 Å². The maximum Gasteiger partial charge on any atom is 1.00 e. The predicted molar refractivity (Wildman–Crippen MR) is 51.5 cm³/mol. The van der Waals surface area contributed by atoms with Crippen molar-refractivity contribution in [1.82, 2.24) is 0 Å². The molecular formula is C12H12Li2. The standard InChI is InChI=1S/C12H12.2Li/c1-2-6-11(5-1)9-10-12-7-3-4-8-12;;/h1-8H,9-10H2;;/q-2;2*+1. The van der Waals surface area contributed by atoms with Crippen LogP contribution in [0.2, 0.25) is 0 Å². The third-order valence-electron chi connectivity index (χ3n) is 2.17. The molecule has 2 aromatic carbocycles. The van der Waals surface area contributed by atoms with E-state index in [1.165, 1.54) is 11.1 Å². The molecule has 62 valence electrons. The topological polar surface area (TPSA) is 0 Å². The molecule has 0 fully saturated rings. The first-order chi connectivity index (χ1) is 5.95. The second-order valence-electron chi connectivity index (χ2n) is 3.09. The molecule has 0 heterocycles. The molecule has 0 atom stereocenters. The summed E-state index contributed by atoms with van der Waals surface area (Å²) < 4.78 is 0. The van der Waals surface area contributed by atoms with Gasteiger partial charge in [0, 0.05) is 0 Å². The fourth-order valence-corrected chi connectivity index (χ4v) is 1.45. The van der Waals surface area contributed by atoms with Crippen molar-refractivity contribution < 1.29 is 37.7 Å². The van der Waals surface area contributed by atoms with E-state index in [0.717, 1.165) is 12.8 Å². The summed E-state index contributed by atoms with van der Waals surface area (Å²) in [6.45, 7) is 0. The maximum atomic E-state index is 2.18. The Morgan fingerprint density at radius 3 is 1.14 bits per heavy atom. The molecule has 0 spiro atoms. The van der Waals surface area contributed by atoms with Crippen molar-refractivity contribution in [3.05, 3.63) is 59.7 Å². The number of hydrogen-bond acceptors (Lipinski definition) is 0. The Kier molecular flexibility index (Phi) is 7.17. The summed E-state index contributed by atoms with van der Waals surface area (Å²) in [5.41, 5.74) is 2.88. The second kappa shape index (κ2) is 7.22. The van der Waals surface area contributed by atoms with Crippen molar-refractivity contribution in [2.75, 3.05) is 0 Å². The van der Waals surface area contributed by atoms with E-state index in [4.69, 9.17) is 0 Å². The minimum Gasteiger partial charge on any atom is -0.213 e. The van der Waals surface area contributed by atoms with Crippen molar-refractivity contribution in [2.45, 2.75) is 12.8 Å². The van der Waals surface area contributed by atoms with E-state index in [2.05, 4.69) is 48.5 Å². The fourth-order valence-electron chi connectivity index (χ4n) is 1.45. The smallest absolute Gasteiger partial charge is 0.213 e. The van der Waals surface area contributed by atoms with Gasteiger partial charge in [-0.3, -0.25) is 0 Å². The summed E-state index contributed by atoms with van der Waals surface area (Å²) in [4.78, 5) is 0. The van der Waals surface area contributed by atoms with E-state index in [1.54, 1.807) is 0 Å². The van der Waals surface area contributed by atoms with Crippen LogP contribution in [0.5, 0.6) is 0 Å². The normalized spacial score (nSPS) is 8.86. The molecule has 2 rings (SSSR count). The van der Waals surface area contributed by atoms with Gasteiger partial charge in [0.25, 0.3) is 0 Å². The van der Waals surface area contributed by atoms with E-state index in [0.29, 0.717) is 0 Å². The minimum absolute atomic E-state index is 0. The molecule has 0 aliphatic heterocycles. The van der Waals surface area contributed by atoms with Crippen LogP contribution in [0.3, 0.4) is 0 Å². The van der Waals surface area contributed by atoms with Gasteiger partial charge >= 0.3 is 37.7 Å². The van der Waals surface area contributed by atoms with Crippen LogP contribution in [-0.2, 0) is 12.8 Å². The Labute approximate surface area is 110 Å². The third kappa shape index (κ3) is 3.95. The van der Waals surface area contributed by atoms with E-state index >= 15 is 0 Å². The van der Waals surface area contributed by atoms with Gasteiger partial charge in [-0.25, -0.2) is 24.3 Å². The molecule has 0 bridgehead atoms. The molecule has 0 aromatic heterocycles. The van der Waals surface area contributed by atoms with Gasteiger partial charge < -0.3 is 0 Å². The fraction of sp³-hybridized carbons (Fsp3) is 0.167. The van der Waals surface area contributed by atoms with Gasteiger partial charge in [-0.1, -0.05) is 12.8 Å². The monoisotopic (exact) mass is 170 g/mol. The van der Waals surface area contributed by atoms with E-state index < -0.39 is 0 Å². The van der Waals surface area contributed by atoms with Crippen molar-refractivity contribution in [2.24, 2.45) is 0 Å². The molecule has 2 aromatic rings. The summed E-state index contributed by atoms with van der Waals surface area (Å²) in [5.74, 6) is 0. The SMILES string of the molecule is [Li+].[Li+].c1cc[c-](CC[c-]2cccc2)c1. The zero-order valence-corrected chi connectivity index (χ0v) is 9.03. The Bertz CT molecular complexity index is 272. The first kappa shape index (κ1) is 13.9. The Hall–Kier alpha value is -0.105. The number of rotatable bonds is 3. The van der Waals surface area contributed by atoms with Crippen LogP contribution in [0.25, 0.3) is 0 Å². The quantitative estimate of drug-likeness (QED) is 0.338. The van der Waals surface area contributed by atoms with Crippen molar-refractivity contribution in [3.8, 4) is 0 Å². The van der Waals surface area contributed by atoms with Crippen LogP contribution in [0.15, 0.2) is 48.5 Å². The zero-order chi connectivity index (χ0) is 8.23. The minimum atomic E-state index is 0. The van der Waals surface area contributed by atoms with Gasteiger partial charge in [-0.15, -0.1) is 0 Å². The van der Waals surface area contributed by atoms with E-state index in [-0.39, 0.29) is 37.7 Å². The largest absolute Gasteiger partial charge is 1.00 e. The molecule has 0 N–H and O–H groups in total. The summed E-state index contributed by atoms with van der Waals surface area (Å²) in [6, 6.07) is 17.1. The first-order valence-electron chi connectivity index (χ1n) is 4.36. The summed E-state index contributed by atoms with van der Waals surface area (Å²) in [7, 11) is 0. The van der Waals surface area contributed by atoms with Gasteiger partial charge in [-0.05, 0) is 0 Å². The Morgan fingerprint density at radius 2 is 0.857 bits per heavy atom. The van der Waals surface area contributed by atoms with Gasteiger partial charge in [0.2, 0.25) is 0 Å². The van der Waals surface area contributed by atoms with Crippen LogP contribution >= 0.6 is 0 Å². The molecule has 0 aliphatic carbocycles. The van der Waals surface area contributed by atoms with Gasteiger partial charge in [0.1, 0.15) is 0 Å². The van der Waals surface area contributed by atoms with Crippen LogP contribution in [0, 0.1) is 0 Å². The van der Waals surface area contributed by atoms with Crippen LogP contribution < -0.4 is 37.7 Å². The van der Waals surface area contributed by atoms with Gasteiger partial charge in [-0.2, -0.15) is 35.4 Å². The molecule has 0 unspecified atom stereocenters. The Morgan fingerprint density at radius 1 is 0.571 bits per heavy atom. The molecule has 0 saturated carbocycles. The third-order valence-corrected chi connectivity index (χ3v) is 2.17. The first-order valence-corrected chi connectivity index (χ1v) is 4.36. The zero-order valence-electron chi connectivity index (χ0n) is 9.03. The summed E-state index contributed by atoms with van der Waals surface area (Å²) >= 11 is 0. The van der Waals surface area contributed by atoms with Crippen molar-refractivity contribution >= 4 is 0 Å². The average molecular weight is 170 g/mol. The molecular weight excluding hydrogens is 158 g/mol. The predicted octanol–water partition coefficient (Wildman–Crippen LogP) is -3.08. The molecule has 14 heavy (non-hydrogen) atoms. The molecule has 0 saturated heterocycles. The van der Waals surface area contributed by atoms with Crippen LogP contribution in [-0.4, -0.2) is 0 Å². The molecule has 0 radical (unpaired) electrons. The molecule has 0 nitrogen and oxygen atoms in total. The number of hydrogen-bond donors (Lipinski definition) is 0. The summed E-state index contributed by atoms with van der Waals surface area (Å²) in [5, 5.41) is 0. The number of aryl methyl sites for hydroxylation is 2. The van der Waals surface area contributed by atoms with Gasteiger partial charge in [0.15, 0.2) is 0 Å². The maximum absolute atomic E-state index is 2.18. The molecule has 0 amide bonds. The molecule has 0 aliphatic rings. The van der Waals surface area contributed by atoms with E-state index in [9.17, 15) is 0 Å². The molecule has 2 heteroatoms. The van der Waals surface area contributed by atoms with Crippen LogP contribution in [0.1, 0.15) is 11.1 Å². The van der Waals surface area contributed by atoms with Crippen molar-refractivity contribution in [3.63, 3.8) is 0 Å².